The number of aliphatic hydroxyl groups is 2. The number of aliphatic hydroxyl groups excluding tert-OH is 2. The lowest BCUT2D eigenvalue weighted by Crippen LogP contribution is -2.61. The number of aliphatic imine (C=N–C) groups is 1. The molecule has 1 saturated carbocycles. The number of methoxy groups -OCH3 is 1. The summed E-state index contributed by atoms with van der Waals surface area (Å²) in [5.41, 5.74) is 5.65. The Kier molecular flexibility index (Phi) is 9.14. The Morgan fingerprint density at radius 1 is 1.09 bits per heavy atom. The first-order valence-electron chi connectivity index (χ1n) is 19.7. The fraction of sp³-hybridized carbons (Fsp3) is 0.348. The molecular formula is C46H41N2O10+. The van der Waals surface area contributed by atoms with Gasteiger partial charge in [-0.2, -0.15) is 4.99 Å². The number of aromatic hydroxyl groups is 1. The van der Waals surface area contributed by atoms with Crippen molar-refractivity contribution in [1.29, 1.82) is 0 Å². The minimum atomic E-state index is -1.58. The maximum atomic E-state index is 14.7. The number of nitrogens with zero attached hydrogens (tertiary/aromatic N) is 2. The Labute approximate surface area is 334 Å². The van der Waals surface area contributed by atoms with Crippen LogP contribution in [0, 0.1) is 18.4 Å². The number of benzene rings is 3. The second-order valence-electron chi connectivity index (χ2n) is 15.6. The van der Waals surface area contributed by atoms with E-state index in [9.17, 15) is 24.9 Å². The normalized spacial score (nSPS) is 28.1. The number of amides is 1. The van der Waals surface area contributed by atoms with Gasteiger partial charge in [-0.05, 0) is 71.2 Å². The van der Waals surface area contributed by atoms with Crippen molar-refractivity contribution in [3.05, 3.63) is 111 Å². The molecular weight excluding hydrogens is 741 g/mol. The molecule has 7 aliphatic rings. The van der Waals surface area contributed by atoms with Gasteiger partial charge in [0.05, 0.1) is 48.6 Å². The van der Waals surface area contributed by atoms with Crippen molar-refractivity contribution in [3.8, 4) is 29.3 Å². The van der Waals surface area contributed by atoms with Crippen LogP contribution in [-0.2, 0) is 27.2 Å². The molecule has 6 atom stereocenters. The molecule has 1 saturated heterocycles. The average molecular weight is 782 g/mol. The Bertz CT molecular complexity index is 2480. The van der Waals surface area contributed by atoms with Gasteiger partial charge in [-0.15, -0.1) is 0 Å². The topological polar surface area (TPSA) is 157 Å². The van der Waals surface area contributed by atoms with Gasteiger partial charge in [-0.3, -0.25) is 9.59 Å². The summed E-state index contributed by atoms with van der Waals surface area (Å²) in [5, 5.41) is 36.9. The molecule has 1 amide bonds. The summed E-state index contributed by atoms with van der Waals surface area (Å²) >= 11 is 0. The lowest BCUT2D eigenvalue weighted by atomic mass is 9.86. The molecule has 10 rings (SSSR count). The number of carbonyl (C=O) groups is 2. The smallest absolute Gasteiger partial charge is 0.254 e. The summed E-state index contributed by atoms with van der Waals surface area (Å²) in [7, 11) is 1.53. The van der Waals surface area contributed by atoms with Crippen LogP contribution in [0.5, 0.6) is 17.2 Å². The van der Waals surface area contributed by atoms with Crippen LogP contribution in [0.3, 0.4) is 0 Å². The first kappa shape index (κ1) is 36.5. The molecule has 0 spiro atoms. The molecule has 5 heterocycles. The Hall–Kier alpha value is -5.84. The van der Waals surface area contributed by atoms with Gasteiger partial charge in [0.1, 0.15) is 47.2 Å². The van der Waals surface area contributed by atoms with Gasteiger partial charge in [0.15, 0.2) is 23.7 Å². The molecule has 5 aliphatic heterocycles. The third kappa shape index (κ3) is 6.00. The molecule has 12 nitrogen and oxygen atoms in total. The number of phenols is 1. The summed E-state index contributed by atoms with van der Waals surface area (Å²) < 4.78 is 31.5. The van der Waals surface area contributed by atoms with Crippen molar-refractivity contribution in [3.63, 3.8) is 0 Å². The molecule has 0 aromatic heterocycles. The van der Waals surface area contributed by atoms with E-state index in [0.717, 1.165) is 53.7 Å². The van der Waals surface area contributed by atoms with Crippen molar-refractivity contribution in [1.82, 2.24) is 4.90 Å². The molecule has 58 heavy (non-hydrogen) atoms. The number of carbonyl (C=O) groups excluding carboxylic acids is 2. The van der Waals surface area contributed by atoms with Crippen molar-refractivity contribution in [2.24, 2.45) is 4.99 Å². The largest absolute Gasteiger partial charge is 0.506 e. The summed E-state index contributed by atoms with van der Waals surface area (Å²) in [6.07, 6.45) is 12.0. The highest BCUT2D eigenvalue weighted by molar-refractivity contribution is 6.11. The zero-order valence-corrected chi connectivity index (χ0v) is 31.7. The minimum Gasteiger partial charge on any atom is -0.506 e. The van der Waals surface area contributed by atoms with Gasteiger partial charge < -0.3 is 43.9 Å². The molecule has 12 heteroatoms. The highest BCUT2D eigenvalue weighted by Crippen LogP contribution is 2.49. The molecule has 3 aromatic carbocycles. The SMILES string of the molecule is COc1cc2cc(C3CCCC3)c3c(O)c2c2c1/C=C/[C@H](C1=C4[CH+]C=CC=C4N=C1)OC[C@H]1O[C@H](O2)[C@H](O)[C@@H](OC#CCc2cccc4c2CN(CC3=O)C4=O)[C@@H]1O. The van der Waals surface area contributed by atoms with Gasteiger partial charge in [-0.25, -0.2) is 0 Å². The second-order valence-corrected chi connectivity index (χ2v) is 15.6. The van der Waals surface area contributed by atoms with Gasteiger partial charge in [-0.1, -0.05) is 30.9 Å². The molecule has 2 fully saturated rings. The van der Waals surface area contributed by atoms with Crippen LogP contribution in [0.2, 0.25) is 0 Å². The third-order valence-corrected chi connectivity index (χ3v) is 12.3. The quantitative estimate of drug-likeness (QED) is 0.238. The van der Waals surface area contributed by atoms with E-state index in [1.165, 1.54) is 12.0 Å². The maximum absolute atomic E-state index is 14.7. The first-order valence-corrected chi connectivity index (χ1v) is 19.7. The van der Waals surface area contributed by atoms with Crippen molar-refractivity contribution in [2.75, 3.05) is 20.3 Å². The molecule has 3 aromatic rings. The molecule has 8 bridgehead atoms. The van der Waals surface area contributed by atoms with Crippen LogP contribution in [0.25, 0.3) is 16.8 Å². The number of ketones is 1. The Balaban J connectivity index is 1.21. The average Bonchev–Trinajstić information content (AvgIpc) is 3.98. The number of allylic oxidation sites excluding steroid dienone is 4. The van der Waals surface area contributed by atoms with E-state index in [-0.39, 0.29) is 60.4 Å². The molecule has 0 radical (unpaired) electrons. The lowest BCUT2D eigenvalue weighted by molar-refractivity contribution is -0.279. The summed E-state index contributed by atoms with van der Waals surface area (Å²) in [5.74, 6) is 2.46. The van der Waals surface area contributed by atoms with E-state index in [0.29, 0.717) is 27.8 Å². The standard InChI is InChI=1S/C46H40N2O10/c1-54-36-19-26-18-30(24-8-2-3-9-24)39-34(49)22-48-21-32-25(10-6-13-28(32)45(48)53)11-7-17-55-44-40(50)37-23-56-35(31-20-47-33-14-5-4-12-27(31)33)16-15-29(36)43(38(26)41(39)51)58-46(57-37)42(44)52/h4-6,10,12-16,18-20,24,35,37,40,42,44,46,50,52H,2-3,8-9,11,21-23H2,1H3/p+1/b16-15+/t35-,37-,40-,42-,44+,46-/m1/s1. The van der Waals surface area contributed by atoms with Gasteiger partial charge in [0.25, 0.3) is 5.91 Å². The Morgan fingerprint density at radius 3 is 2.79 bits per heavy atom. The molecule has 2 aliphatic carbocycles. The summed E-state index contributed by atoms with van der Waals surface area (Å²) in [6, 6.07) is 9.10. The summed E-state index contributed by atoms with van der Waals surface area (Å²) in [6.45, 7) is -0.201. The van der Waals surface area contributed by atoms with E-state index < -0.39 is 42.6 Å². The fourth-order valence-corrected chi connectivity index (χ4v) is 9.36. The minimum absolute atomic E-state index is 0.00217. The number of Topliss-reactive ketones (excluding diaryl/α,β-unsaturated/α-hetero) is 1. The molecule has 3 N–H and O–H groups in total. The number of fused-ring (bicyclic) bond motifs is 5. The van der Waals surface area contributed by atoms with E-state index >= 15 is 0 Å². The van der Waals surface area contributed by atoms with E-state index in [1.54, 1.807) is 30.5 Å². The van der Waals surface area contributed by atoms with Crippen molar-refractivity contribution in [2.45, 2.75) is 81.4 Å². The van der Waals surface area contributed by atoms with Gasteiger partial charge in [0.2, 0.25) is 6.29 Å². The van der Waals surface area contributed by atoms with Gasteiger partial charge in [0, 0.05) is 43.2 Å². The van der Waals surface area contributed by atoms with Crippen LogP contribution >= 0.6 is 0 Å². The number of hydrogen-bond donors (Lipinski definition) is 3. The monoisotopic (exact) mass is 781 g/mol. The zero-order chi connectivity index (χ0) is 39.7. The van der Waals surface area contributed by atoms with Crippen molar-refractivity contribution < 1.29 is 48.6 Å². The predicted octanol–water partition coefficient (Wildman–Crippen LogP) is 5.23. The predicted molar refractivity (Wildman–Crippen MR) is 212 cm³/mol. The highest BCUT2D eigenvalue weighted by atomic mass is 16.7. The highest BCUT2D eigenvalue weighted by Gasteiger charge is 2.49. The third-order valence-electron chi connectivity index (χ3n) is 12.3. The van der Waals surface area contributed by atoms with E-state index in [1.807, 2.05) is 42.9 Å². The summed E-state index contributed by atoms with van der Waals surface area (Å²) in [4.78, 5) is 34.6. The zero-order valence-electron chi connectivity index (χ0n) is 31.7. The van der Waals surface area contributed by atoms with Crippen molar-refractivity contribution >= 4 is 34.8 Å². The maximum Gasteiger partial charge on any atom is 0.254 e. The van der Waals surface area contributed by atoms with Gasteiger partial charge >= 0.3 is 0 Å². The fourth-order valence-electron chi connectivity index (χ4n) is 9.36. The van der Waals surface area contributed by atoms with Crippen LogP contribution in [0.1, 0.15) is 74.6 Å². The number of ether oxygens (including phenoxy) is 5. The van der Waals surface area contributed by atoms with Crippen LogP contribution in [0.15, 0.2) is 76.5 Å². The molecule has 0 unspecified atom stereocenters. The molecule has 294 valence electrons. The van der Waals surface area contributed by atoms with E-state index in [2.05, 4.69) is 17.0 Å². The van der Waals surface area contributed by atoms with E-state index in [4.69, 9.17) is 23.7 Å². The Morgan fingerprint density at radius 2 is 1.95 bits per heavy atom. The van der Waals surface area contributed by atoms with Crippen LogP contribution in [-0.4, -0.2) is 95.2 Å². The lowest BCUT2D eigenvalue weighted by Gasteiger charge is -2.41. The second kappa shape index (κ2) is 14.5. The van der Waals surface area contributed by atoms with Crippen LogP contribution < -0.4 is 9.47 Å². The number of phenolic OH excluding ortho intramolecular Hbond substituents is 1. The number of hydrogen-bond acceptors (Lipinski definition) is 11. The van der Waals surface area contributed by atoms with Crippen LogP contribution in [0.4, 0.5) is 0 Å². The number of rotatable bonds is 3. The first-order chi connectivity index (χ1) is 28.3.